The molecule has 0 aromatic heterocycles. The van der Waals surface area contributed by atoms with Gasteiger partial charge in [-0.15, -0.1) is 0 Å². The molecule has 0 atom stereocenters. The predicted octanol–water partition coefficient (Wildman–Crippen LogP) is 0.189. The first-order valence-electron chi connectivity index (χ1n) is 4.68. The van der Waals surface area contributed by atoms with E-state index < -0.39 is 25.7 Å². The van der Waals surface area contributed by atoms with E-state index in [4.69, 9.17) is 63.1 Å². The Hall–Kier alpha value is -3.26. The average molecular weight is 864 g/mol. The molecule has 0 heterocycles. The Balaban J connectivity index is -0.000000120. The Kier molecular flexibility index (Phi) is 11.7. The van der Waals surface area contributed by atoms with E-state index in [0.717, 1.165) is 55.0 Å². The summed E-state index contributed by atoms with van der Waals surface area (Å²) in [6, 6.07) is 0. The molecule has 0 spiro atoms. The van der Waals surface area contributed by atoms with Crippen molar-refractivity contribution in [3.63, 3.8) is 0 Å². The Bertz CT molecular complexity index is 890. The van der Waals surface area contributed by atoms with E-state index in [0.29, 0.717) is 0 Å². The van der Waals surface area contributed by atoms with Gasteiger partial charge in [-0.2, -0.15) is 0 Å². The molecular formula is C12Fe3Ir2N12. The molecule has 0 aromatic carbocycles. The fourth-order valence-corrected chi connectivity index (χ4v) is 4.09. The third kappa shape index (κ3) is 3.97. The van der Waals surface area contributed by atoms with Crippen molar-refractivity contribution in [2.24, 2.45) is 0 Å². The van der Waals surface area contributed by atoms with Crippen molar-refractivity contribution in [3.8, 4) is 55.0 Å². The summed E-state index contributed by atoms with van der Waals surface area (Å²) in [5.41, 5.74) is 0. The van der Waals surface area contributed by atoms with Gasteiger partial charge in [-0.3, -0.25) is 0 Å². The standard InChI is InChI=1S/12CN.3Fe.2Ir/c12*1-2;;;;;/q;;;;;;;;;;;;3*+2;2*-3. The summed E-state index contributed by atoms with van der Waals surface area (Å²) >= 11 is -13.4. The first-order valence-corrected chi connectivity index (χ1v) is 19.1. The van der Waals surface area contributed by atoms with Gasteiger partial charge >= 0.3 is 195 Å². The van der Waals surface area contributed by atoms with Gasteiger partial charge in [0.1, 0.15) is 0 Å². The average Bonchev–Trinajstić information content (AvgIpc) is 2.77. The zero-order valence-corrected chi connectivity index (χ0v) is 21.2. The van der Waals surface area contributed by atoms with Gasteiger partial charge in [-0.1, -0.05) is 0 Å². The molecule has 0 bridgehead atoms. The Labute approximate surface area is 193 Å². The predicted molar refractivity (Wildman–Crippen MR) is 67.4 cm³/mol. The Morgan fingerprint density at radius 1 is 0.241 bits per heavy atom. The summed E-state index contributed by atoms with van der Waals surface area (Å²) in [7, 11) is 0. The van der Waals surface area contributed by atoms with Crippen LogP contribution in [-0.4, -0.2) is 0 Å². The van der Waals surface area contributed by atoms with Crippen molar-refractivity contribution in [1.82, 2.24) is 0 Å². The van der Waals surface area contributed by atoms with E-state index in [9.17, 15) is 0 Å². The molecule has 17 heteroatoms. The zero-order chi connectivity index (χ0) is 21.3. The molecule has 0 rings (SSSR count). The normalized spacial score (nSPS) is 12.0. The Morgan fingerprint density at radius 3 is 0.310 bits per heavy atom. The fourth-order valence-electron chi connectivity index (χ4n) is 0.500. The number of rotatable bonds is 0. The van der Waals surface area contributed by atoms with Crippen LogP contribution in [0.25, 0.3) is 0 Å². The van der Waals surface area contributed by atoms with Crippen LogP contribution >= 0.6 is 0 Å². The Morgan fingerprint density at radius 2 is 0.310 bits per heavy atom. The van der Waals surface area contributed by atoms with Crippen molar-refractivity contribution >= 4 is 0 Å². The fraction of sp³-hybridized carbons (Fsp3) is 0. The summed E-state index contributed by atoms with van der Waals surface area (Å²) in [6.07, 6.45) is 0. The molecule has 0 fully saturated rings. The van der Waals surface area contributed by atoms with Gasteiger partial charge in [0.25, 0.3) is 0 Å². The summed E-state index contributed by atoms with van der Waals surface area (Å²) in [4.78, 5) is 0. The number of nitrogens with zero attached hydrogens (tertiary/aromatic N) is 12. The number of hydrogen-bond donors (Lipinski definition) is 0. The maximum Gasteiger partial charge on any atom is 2.00 e. The first kappa shape index (κ1) is 36.6. The third-order valence-electron chi connectivity index (χ3n) is 2.24. The van der Waals surface area contributed by atoms with Crippen LogP contribution in [0.4, 0.5) is 0 Å². The molecule has 12 nitrogen and oxygen atoms in total. The molecule has 0 aromatic rings. The van der Waals surface area contributed by atoms with Crippen LogP contribution < -0.4 is 0 Å². The molecule has 0 unspecified atom stereocenters. The van der Waals surface area contributed by atoms with E-state index in [-0.39, 0.29) is 51.2 Å². The van der Waals surface area contributed by atoms with Crippen LogP contribution in [0.3, 0.4) is 0 Å². The first-order chi connectivity index (χ1) is 11.9. The summed E-state index contributed by atoms with van der Waals surface area (Å²) in [5, 5.41) is 103. The molecule has 0 radical (unpaired) electrons. The summed E-state index contributed by atoms with van der Waals surface area (Å²) in [5.74, 6) is 0. The van der Waals surface area contributed by atoms with Gasteiger partial charge in [0.15, 0.2) is 0 Å². The second kappa shape index (κ2) is 9.29. The third-order valence-corrected chi connectivity index (χ3v) is 18.3. The topological polar surface area (TPSA) is 285 Å². The summed E-state index contributed by atoms with van der Waals surface area (Å²) < 4.78 is 12.9. The maximum atomic E-state index is 8.60. The van der Waals surface area contributed by atoms with Gasteiger partial charge in [0.2, 0.25) is 0 Å². The summed E-state index contributed by atoms with van der Waals surface area (Å²) in [6.45, 7) is 0. The molecule has 0 aliphatic carbocycles. The molecule has 0 saturated heterocycles. The minimum absolute atomic E-state index is 0. The van der Waals surface area contributed by atoms with Crippen molar-refractivity contribution in [2.45, 2.75) is 0 Å². The maximum absolute atomic E-state index is 8.60. The van der Waals surface area contributed by atoms with Crippen LogP contribution in [0.2, 0.25) is 0 Å². The smallest absolute Gasteiger partial charge is 2.00 e. The zero-order valence-electron chi connectivity index (χ0n) is 13.1. The van der Waals surface area contributed by atoms with E-state index >= 15 is 0 Å². The van der Waals surface area contributed by atoms with E-state index in [1.165, 1.54) is 0 Å². The molecule has 0 aliphatic heterocycles. The van der Waals surface area contributed by atoms with Crippen LogP contribution in [0.15, 0.2) is 0 Å². The van der Waals surface area contributed by atoms with Gasteiger partial charge in [0, 0.05) is 0 Å². The van der Waals surface area contributed by atoms with Gasteiger partial charge < -0.3 is 0 Å². The molecular weight excluding hydrogens is 864 g/mol. The SMILES string of the molecule is N#[C][Ir-3]([C]#N)([C]#N)([C]#N)([C]#N)[C]#N.N#[C][Ir-3]([C]#N)([C]#N)([C]#N)([C]#N)[C]#N.[Fe+2].[Fe+2].[Fe+2]. The molecule has 0 N–H and O–H groups in total. The van der Waals surface area contributed by atoms with Gasteiger partial charge in [0.05, 0.1) is 0 Å². The second-order valence-corrected chi connectivity index (χ2v) is 27.8. The molecule has 150 valence electrons. The molecule has 29 heavy (non-hydrogen) atoms. The number of hydrogen-bond acceptors (Lipinski definition) is 12. The van der Waals surface area contributed by atoms with E-state index in [1.54, 1.807) is 0 Å². The van der Waals surface area contributed by atoms with Crippen molar-refractivity contribution < 1.29 is 76.9 Å². The van der Waals surface area contributed by atoms with Crippen molar-refractivity contribution in [3.05, 3.63) is 0 Å². The van der Waals surface area contributed by atoms with Crippen molar-refractivity contribution in [2.75, 3.05) is 0 Å². The number of nitriles is 12. The minimum atomic E-state index is -6.69. The van der Waals surface area contributed by atoms with Crippen LogP contribution in [0, 0.1) is 118 Å². The van der Waals surface area contributed by atoms with Crippen LogP contribution in [0.1, 0.15) is 0 Å². The van der Waals surface area contributed by atoms with Crippen LogP contribution in [-0.2, 0) is 76.9 Å². The molecule has 0 amide bonds. The van der Waals surface area contributed by atoms with E-state index in [1.807, 2.05) is 0 Å². The quantitative estimate of drug-likeness (QED) is 0.295. The largest absolute Gasteiger partial charge is 2.00 e. The molecule has 0 saturated carbocycles. The van der Waals surface area contributed by atoms with Crippen molar-refractivity contribution in [1.29, 1.82) is 63.1 Å². The second-order valence-electron chi connectivity index (χ2n) is 3.39. The minimum Gasteiger partial charge on any atom is 2.00 e. The molecule has 0 aliphatic rings. The van der Waals surface area contributed by atoms with Gasteiger partial charge in [-0.25, -0.2) is 0 Å². The monoisotopic (exact) mass is 866 g/mol. The van der Waals surface area contributed by atoms with E-state index in [2.05, 4.69) is 0 Å². The van der Waals surface area contributed by atoms with Crippen LogP contribution in [0.5, 0.6) is 0 Å². The van der Waals surface area contributed by atoms with Gasteiger partial charge in [-0.05, 0) is 0 Å².